The van der Waals surface area contributed by atoms with Gasteiger partial charge in [-0.2, -0.15) is 5.10 Å². The van der Waals surface area contributed by atoms with E-state index >= 15 is 0 Å². The second-order valence-electron chi connectivity index (χ2n) is 6.20. The molecule has 0 aliphatic heterocycles. The van der Waals surface area contributed by atoms with Crippen molar-refractivity contribution >= 4 is 39.1 Å². The number of nitrogens with two attached hydrogens (primary N) is 1. The van der Waals surface area contributed by atoms with Crippen LogP contribution in [0.2, 0.25) is 5.02 Å². The molecule has 2 heterocycles. The Morgan fingerprint density at radius 2 is 2.08 bits per heavy atom. The van der Waals surface area contributed by atoms with Crippen molar-refractivity contribution in [2.45, 2.75) is 26.4 Å². The Balaban J connectivity index is 1.93. The number of thiophene rings is 1. The summed E-state index contributed by atoms with van der Waals surface area (Å²) < 4.78 is 1.95. The van der Waals surface area contributed by atoms with Crippen molar-refractivity contribution in [1.29, 1.82) is 0 Å². The molecular formula is C18H21ClN4OS. The smallest absolute Gasteiger partial charge is 0.264 e. The van der Waals surface area contributed by atoms with E-state index in [0.29, 0.717) is 23.0 Å². The van der Waals surface area contributed by atoms with Gasteiger partial charge in [0.15, 0.2) is 0 Å². The van der Waals surface area contributed by atoms with Crippen LogP contribution in [0.4, 0.5) is 0 Å². The van der Waals surface area contributed by atoms with E-state index in [-0.39, 0.29) is 11.9 Å². The van der Waals surface area contributed by atoms with Gasteiger partial charge in [0.1, 0.15) is 4.83 Å². The minimum Gasteiger partial charge on any atom is -0.337 e. The van der Waals surface area contributed by atoms with Gasteiger partial charge in [-0.05, 0) is 37.6 Å². The summed E-state index contributed by atoms with van der Waals surface area (Å²) in [6.07, 6.45) is 0. The first-order valence-corrected chi connectivity index (χ1v) is 9.28. The van der Waals surface area contributed by atoms with Gasteiger partial charge in [0.05, 0.1) is 17.1 Å². The van der Waals surface area contributed by atoms with Crippen molar-refractivity contribution in [2.75, 3.05) is 13.6 Å². The number of aryl methyl sites for hydroxylation is 1. The highest BCUT2D eigenvalue weighted by molar-refractivity contribution is 7.20. The minimum atomic E-state index is -0.00315. The minimum absolute atomic E-state index is 0.00315. The molecule has 3 rings (SSSR count). The van der Waals surface area contributed by atoms with Crippen LogP contribution in [-0.2, 0) is 6.54 Å². The molecule has 1 atom stereocenters. The van der Waals surface area contributed by atoms with E-state index in [1.54, 1.807) is 11.9 Å². The lowest BCUT2D eigenvalue weighted by Gasteiger charge is -2.22. The van der Waals surface area contributed by atoms with Crippen molar-refractivity contribution in [3.05, 3.63) is 51.5 Å². The topological polar surface area (TPSA) is 64.2 Å². The van der Waals surface area contributed by atoms with Gasteiger partial charge < -0.3 is 10.6 Å². The lowest BCUT2D eigenvalue weighted by atomic mass is 10.2. The fraction of sp³-hybridized carbons (Fsp3) is 0.333. The maximum Gasteiger partial charge on any atom is 0.264 e. The number of hydrogen-bond donors (Lipinski definition) is 1. The van der Waals surface area contributed by atoms with Crippen LogP contribution in [0, 0.1) is 6.92 Å². The lowest BCUT2D eigenvalue weighted by molar-refractivity contribution is 0.0753. The normalized spacial score (nSPS) is 12.5. The summed E-state index contributed by atoms with van der Waals surface area (Å²) in [7, 11) is 1.79. The first kappa shape index (κ1) is 17.9. The number of likely N-dealkylation sites (N-methyl/N-ethyl adjacent to an activating group) is 1. The molecule has 7 heteroatoms. The standard InChI is InChI=1S/C18H21ClN4OS/c1-11(9-20)22(3)17(24)16-8-15-12(2)21-23(18(15)25-16)10-13-4-6-14(19)7-5-13/h4-8,11H,9-10,20H2,1-3H3. The van der Waals surface area contributed by atoms with Crippen LogP contribution in [0.5, 0.6) is 0 Å². The molecule has 0 fully saturated rings. The second kappa shape index (κ2) is 7.15. The molecule has 5 nitrogen and oxygen atoms in total. The molecule has 0 saturated heterocycles. The maximum atomic E-state index is 12.7. The quantitative estimate of drug-likeness (QED) is 0.740. The van der Waals surface area contributed by atoms with E-state index in [1.807, 2.05) is 48.9 Å². The largest absolute Gasteiger partial charge is 0.337 e. The van der Waals surface area contributed by atoms with E-state index in [2.05, 4.69) is 5.10 Å². The number of fused-ring (bicyclic) bond motifs is 1. The molecule has 0 bridgehead atoms. The van der Waals surface area contributed by atoms with Gasteiger partial charge in [0.25, 0.3) is 5.91 Å². The number of rotatable bonds is 5. The Hall–Kier alpha value is -1.89. The van der Waals surface area contributed by atoms with Gasteiger partial charge in [-0.1, -0.05) is 23.7 Å². The highest BCUT2D eigenvalue weighted by Crippen LogP contribution is 2.30. The number of carbonyl (C=O) groups excluding carboxylic acids is 1. The van der Waals surface area contributed by atoms with Gasteiger partial charge in [-0.15, -0.1) is 11.3 Å². The highest BCUT2D eigenvalue weighted by Gasteiger charge is 2.21. The van der Waals surface area contributed by atoms with Gasteiger partial charge in [0, 0.05) is 30.0 Å². The highest BCUT2D eigenvalue weighted by atomic mass is 35.5. The molecule has 0 spiro atoms. The average Bonchev–Trinajstić information content (AvgIpc) is 3.16. The molecule has 0 aliphatic carbocycles. The van der Waals surface area contributed by atoms with E-state index in [9.17, 15) is 4.79 Å². The molecule has 1 aromatic carbocycles. The number of amides is 1. The summed E-state index contributed by atoms with van der Waals surface area (Å²) in [6, 6.07) is 9.66. The lowest BCUT2D eigenvalue weighted by Crippen LogP contribution is -2.39. The zero-order valence-electron chi connectivity index (χ0n) is 14.5. The number of aromatic nitrogens is 2. The average molecular weight is 377 g/mol. The predicted octanol–water partition coefficient (Wildman–Crippen LogP) is 3.53. The van der Waals surface area contributed by atoms with Crippen LogP contribution in [0.1, 0.15) is 27.9 Å². The van der Waals surface area contributed by atoms with Crippen molar-refractivity contribution in [3.63, 3.8) is 0 Å². The number of benzene rings is 1. The zero-order valence-corrected chi connectivity index (χ0v) is 16.1. The monoisotopic (exact) mass is 376 g/mol. The third kappa shape index (κ3) is 3.56. The van der Waals surface area contributed by atoms with Gasteiger partial charge in [-0.3, -0.25) is 9.48 Å². The molecule has 1 unspecified atom stereocenters. The molecular weight excluding hydrogens is 356 g/mol. The van der Waals surface area contributed by atoms with E-state index in [0.717, 1.165) is 21.5 Å². The molecule has 25 heavy (non-hydrogen) atoms. The van der Waals surface area contributed by atoms with Crippen LogP contribution >= 0.6 is 22.9 Å². The van der Waals surface area contributed by atoms with E-state index in [4.69, 9.17) is 17.3 Å². The van der Waals surface area contributed by atoms with Crippen LogP contribution < -0.4 is 5.73 Å². The number of nitrogens with zero attached hydrogens (tertiary/aromatic N) is 3. The Labute approximate surface area is 156 Å². The zero-order chi connectivity index (χ0) is 18.1. The number of halogens is 1. The molecule has 132 valence electrons. The van der Waals surface area contributed by atoms with Gasteiger partial charge in [-0.25, -0.2) is 0 Å². The molecule has 0 saturated carbocycles. The SMILES string of the molecule is Cc1nn(Cc2ccc(Cl)cc2)c2sc(C(=O)N(C)C(C)CN)cc12. The van der Waals surface area contributed by atoms with Gasteiger partial charge in [0.2, 0.25) is 0 Å². The van der Waals surface area contributed by atoms with Crippen LogP contribution in [0.15, 0.2) is 30.3 Å². The summed E-state index contributed by atoms with van der Waals surface area (Å²) in [4.78, 5) is 16.1. The third-order valence-corrected chi connectivity index (χ3v) is 5.77. The fourth-order valence-electron chi connectivity index (χ4n) is 2.62. The number of hydrogen-bond acceptors (Lipinski definition) is 4. The van der Waals surface area contributed by atoms with Crippen molar-refractivity contribution < 1.29 is 4.79 Å². The predicted molar refractivity (Wildman–Crippen MR) is 104 cm³/mol. The Bertz CT molecular complexity index is 900. The summed E-state index contributed by atoms with van der Waals surface area (Å²) in [5.41, 5.74) is 7.71. The van der Waals surface area contributed by atoms with Crippen molar-refractivity contribution in [3.8, 4) is 0 Å². The summed E-state index contributed by atoms with van der Waals surface area (Å²) >= 11 is 7.42. The molecule has 1 amide bonds. The fourth-order valence-corrected chi connectivity index (χ4v) is 3.89. The van der Waals surface area contributed by atoms with Crippen molar-refractivity contribution in [1.82, 2.24) is 14.7 Å². The third-order valence-electron chi connectivity index (χ3n) is 4.39. The molecule has 2 aromatic heterocycles. The Morgan fingerprint density at radius 1 is 1.40 bits per heavy atom. The first-order chi connectivity index (χ1) is 11.9. The Kier molecular flexibility index (Phi) is 5.13. The van der Waals surface area contributed by atoms with Crippen LogP contribution in [-0.4, -0.2) is 40.2 Å². The van der Waals surface area contributed by atoms with Crippen LogP contribution in [0.3, 0.4) is 0 Å². The van der Waals surface area contributed by atoms with E-state index < -0.39 is 0 Å². The van der Waals surface area contributed by atoms with Gasteiger partial charge >= 0.3 is 0 Å². The molecule has 3 aromatic rings. The molecule has 2 N–H and O–H groups in total. The number of carbonyl (C=O) groups is 1. The summed E-state index contributed by atoms with van der Waals surface area (Å²) in [5, 5.41) is 6.35. The Morgan fingerprint density at radius 3 is 2.72 bits per heavy atom. The molecule has 0 radical (unpaired) electrons. The summed E-state index contributed by atoms with van der Waals surface area (Å²) in [6.45, 7) is 4.99. The summed E-state index contributed by atoms with van der Waals surface area (Å²) in [5.74, 6) is -0.00315. The maximum absolute atomic E-state index is 12.7. The molecule has 0 aliphatic rings. The van der Waals surface area contributed by atoms with Crippen LogP contribution in [0.25, 0.3) is 10.2 Å². The first-order valence-electron chi connectivity index (χ1n) is 8.09. The van der Waals surface area contributed by atoms with E-state index in [1.165, 1.54) is 11.3 Å². The second-order valence-corrected chi connectivity index (χ2v) is 7.67. The van der Waals surface area contributed by atoms with Crippen molar-refractivity contribution in [2.24, 2.45) is 5.73 Å².